The summed E-state index contributed by atoms with van der Waals surface area (Å²) < 4.78 is 129. The highest BCUT2D eigenvalue weighted by Crippen LogP contribution is 2.38. The Hall–Kier alpha value is -4.12. The lowest BCUT2D eigenvalue weighted by Gasteiger charge is -2.34. The third-order valence-electron chi connectivity index (χ3n) is 8.32. The molecule has 270 valence electrons. The van der Waals surface area contributed by atoms with Gasteiger partial charge in [0.2, 0.25) is 0 Å². The number of alkyl halides is 9. The van der Waals surface area contributed by atoms with Crippen molar-refractivity contribution >= 4 is 17.7 Å². The van der Waals surface area contributed by atoms with E-state index >= 15 is 0 Å². The van der Waals surface area contributed by atoms with Crippen LogP contribution in [-0.2, 0) is 48.2 Å². The van der Waals surface area contributed by atoms with Gasteiger partial charge in [0, 0.05) is 44.4 Å². The van der Waals surface area contributed by atoms with Crippen molar-refractivity contribution in [3.63, 3.8) is 0 Å². The molecule has 0 spiro atoms. The number of carbonyl (C=O) groups excluding carboxylic acids is 1. The molecular formula is C31H36F9N7O2. The Bertz CT molecular complexity index is 1530. The maximum atomic E-state index is 13.9. The minimum absolute atomic E-state index is 0.00291. The Labute approximate surface area is 276 Å². The van der Waals surface area contributed by atoms with Gasteiger partial charge in [0.25, 0.3) is 5.95 Å². The van der Waals surface area contributed by atoms with E-state index in [1.165, 1.54) is 7.05 Å². The predicted molar refractivity (Wildman–Crippen MR) is 159 cm³/mol. The smallest absolute Gasteiger partial charge is 0.417 e. The number of pyridine rings is 1. The predicted octanol–water partition coefficient (Wildman–Crippen LogP) is 7.45. The maximum absolute atomic E-state index is 13.9. The number of tetrazole rings is 1. The van der Waals surface area contributed by atoms with Crippen LogP contribution in [0.15, 0.2) is 30.5 Å². The normalized spacial score (nSPS) is 17.2. The second-order valence-corrected chi connectivity index (χ2v) is 12.0. The summed E-state index contributed by atoms with van der Waals surface area (Å²) in [5, 5.41) is 11.6. The molecule has 2 aromatic heterocycles. The number of nitrogens with zero attached hydrogens (tertiary/aromatic N) is 7. The Morgan fingerprint density at radius 1 is 0.837 bits per heavy atom. The van der Waals surface area contributed by atoms with Crippen molar-refractivity contribution in [2.75, 3.05) is 29.5 Å². The first-order valence-corrected chi connectivity index (χ1v) is 15.6. The van der Waals surface area contributed by atoms with Crippen molar-refractivity contribution in [3.8, 4) is 0 Å². The third-order valence-corrected chi connectivity index (χ3v) is 8.32. The van der Waals surface area contributed by atoms with Crippen LogP contribution in [0.3, 0.4) is 0 Å². The summed E-state index contributed by atoms with van der Waals surface area (Å²) in [5.41, 5.74) is -4.60. The summed E-state index contributed by atoms with van der Waals surface area (Å²) in [5.74, 6) is -0.0506. The Kier molecular flexibility index (Phi) is 11.7. The zero-order valence-electron chi connectivity index (χ0n) is 27.0. The molecule has 49 heavy (non-hydrogen) atoms. The van der Waals surface area contributed by atoms with Gasteiger partial charge in [-0.1, -0.05) is 5.10 Å². The van der Waals surface area contributed by atoms with Gasteiger partial charge >= 0.3 is 24.5 Å². The van der Waals surface area contributed by atoms with E-state index in [1.807, 2.05) is 0 Å². The Morgan fingerprint density at radius 2 is 1.43 bits per heavy atom. The van der Waals surface area contributed by atoms with Crippen molar-refractivity contribution in [2.24, 2.45) is 18.9 Å². The molecule has 9 nitrogen and oxygen atoms in total. The molecule has 0 aliphatic heterocycles. The summed E-state index contributed by atoms with van der Waals surface area (Å²) >= 11 is 0. The quantitative estimate of drug-likeness (QED) is 0.142. The van der Waals surface area contributed by atoms with Crippen molar-refractivity contribution in [3.05, 3.63) is 58.3 Å². The van der Waals surface area contributed by atoms with Crippen LogP contribution in [-0.4, -0.2) is 50.9 Å². The number of benzene rings is 1. The fraction of sp³-hybridized carbons (Fsp3) is 0.581. The molecule has 3 aromatic rings. The van der Waals surface area contributed by atoms with Crippen molar-refractivity contribution in [1.29, 1.82) is 0 Å². The second kappa shape index (κ2) is 15.2. The first-order chi connectivity index (χ1) is 22.9. The molecule has 0 radical (unpaired) electrons. The lowest BCUT2D eigenvalue weighted by atomic mass is 9.80. The number of aromatic nitrogens is 5. The van der Waals surface area contributed by atoms with Crippen molar-refractivity contribution in [1.82, 2.24) is 25.2 Å². The standard InChI is InChI=1S/C31H36F9N7O2/c1-4-46(16-20-8-6-19(7-9-20)12-26(48)49-5-2)27-22(13-25(15-41-27)31(38,39)40)18-47(28-42-44-45(3)43-28)17-21-10-23(29(32,33)34)14-24(11-21)30(35,36)37/h10-11,13-15,19-20H,4-9,12,16-18H2,1-3H3/t19-,20-. The van der Waals surface area contributed by atoms with E-state index in [1.54, 1.807) is 18.7 Å². The lowest BCUT2D eigenvalue weighted by Crippen LogP contribution is -2.34. The number of carbonyl (C=O) groups is 1. The number of rotatable bonds is 12. The van der Waals surface area contributed by atoms with Gasteiger partial charge in [-0.15, -0.1) is 5.10 Å². The fourth-order valence-electron chi connectivity index (χ4n) is 5.94. The molecular weight excluding hydrogens is 673 g/mol. The topological polar surface area (TPSA) is 89.3 Å². The van der Waals surface area contributed by atoms with E-state index in [4.69, 9.17) is 4.74 Å². The van der Waals surface area contributed by atoms with Crippen LogP contribution in [0.1, 0.15) is 73.8 Å². The van der Waals surface area contributed by atoms with Gasteiger partial charge in [-0.3, -0.25) is 4.79 Å². The van der Waals surface area contributed by atoms with Gasteiger partial charge in [-0.05, 0) is 86.4 Å². The molecule has 0 unspecified atom stereocenters. The first-order valence-electron chi connectivity index (χ1n) is 15.6. The van der Waals surface area contributed by atoms with Crippen molar-refractivity contribution < 1.29 is 49.0 Å². The van der Waals surface area contributed by atoms with Gasteiger partial charge in [0.1, 0.15) is 5.82 Å². The number of ether oxygens (including phenoxy) is 1. The van der Waals surface area contributed by atoms with Crippen LogP contribution in [0.25, 0.3) is 0 Å². The summed E-state index contributed by atoms with van der Waals surface area (Å²) in [6.45, 7) is 3.47. The Morgan fingerprint density at radius 3 is 1.94 bits per heavy atom. The summed E-state index contributed by atoms with van der Waals surface area (Å²) in [6.07, 6.45) is -11.0. The highest BCUT2D eigenvalue weighted by molar-refractivity contribution is 5.69. The summed E-state index contributed by atoms with van der Waals surface area (Å²) in [4.78, 5) is 20.0. The molecule has 18 heteroatoms. The highest BCUT2D eigenvalue weighted by atomic mass is 19.4. The van der Waals surface area contributed by atoms with Gasteiger partial charge in [0.15, 0.2) is 0 Å². The van der Waals surface area contributed by atoms with Gasteiger partial charge < -0.3 is 14.5 Å². The molecule has 1 aromatic carbocycles. The van der Waals surface area contributed by atoms with E-state index in [2.05, 4.69) is 20.4 Å². The second-order valence-electron chi connectivity index (χ2n) is 12.0. The van der Waals surface area contributed by atoms with Crippen LogP contribution in [0.2, 0.25) is 0 Å². The van der Waals surface area contributed by atoms with Crippen LogP contribution < -0.4 is 9.80 Å². The van der Waals surface area contributed by atoms with E-state index in [9.17, 15) is 44.3 Å². The zero-order valence-corrected chi connectivity index (χ0v) is 27.0. The van der Waals surface area contributed by atoms with E-state index in [0.717, 1.165) is 41.4 Å². The van der Waals surface area contributed by atoms with E-state index in [0.29, 0.717) is 44.4 Å². The van der Waals surface area contributed by atoms with E-state index < -0.39 is 53.9 Å². The molecule has 0 atom stereocenters. The molecule has 1 aliphatic rings. The van der Waals surface area contributed by atoms with Gasteiger partial charge in [-0.2, -0.15) is 44.3 Å². The molecule has 0 N–H and O–H groups in total. The number of aryl methyl sites for hydroxylation is 1. The SMILES string of the molecule is CCOC(=O)C[C@H]1CC[C@H](CN(CC)c2ncc(C(F)(F)F)cc2CN(Cc2cc(C(F)(F)F)cc(C(F)(F)F)c2)c2nnn(C)n2)CC1. The van der Waals surface area contributed by atoms with Crippen LogP contribution in [0, 0.1) is 11.8 Å². The van der Waals surface area contributed by atoms with Crippen LogP contribution in [0.4, 0.5) is 51.3 Å². The summed E-state index contributed by atoms with van der Waals surface area (Å²) in [6, 6.07) is 1.94. The van der Waals surface area contributed by atoms with Crippen molar-refractivity contribution in [2.45, 2.75) is 77.6 Å². The lowest BCUT2D eigenvalue weighted by molar-refractivity contribution is -0.145. The number of anilines is 2. The maximum Gasteiger partial charge on any atom is 0.417 e. The number of halogens is 9. The molecule has 0 bridgehead atoms. The fourth-order valence-corrected chi connectivity index (χ4v) is 5.94. The summed E-state index contributed by atoms with van der Waals surface area (Å²) in [7, 11) is 1.37. The largest absolute Gasteiger partial charge is 0.466 e. The minimum Gasteiger partial charge on any atom is -0.466 e. The zero-order chi connectivity index (χ0) is 36.1. The average Bonchev–Trinajstić information content (AvgIpc) is 3.45. The number of hydrogen-bond donors (Lipinski definition) is 0. The van der Waals surface area contributed by atoms with Crippen LogP contribution in [0.5, 0.6) is 0 Å². The molecule has 1 saturated carbocycles. The monoisotopic (exact) mass is 709 g/mol. The minimum atomic E-state index is -5.11. The number of esters is 1. The third kappa shape index (κ3) is 10.2. The number of hydrogen-bond acceptors (Lipinski definition) is 8. The average molecular weight is 710 g/mol. The molecule has 0 amide bonds. The highest BCUT2D eigenvalue weighted by Gasteiger charge is 2.38. The molecule has 4 rings (SSSR count). The molecule has 1 aliphatic carbocycles. The first kappa shape index (κ1) is 37.7. The molecule has 1 fully saturated rings. The molecule has 0 saturated heterocycles. The van der Waals surface area contributed by atoms with E-state index in [-0.39, 0.29) is 41.2 Å². The van der Waals surface area contributed by atoms with Gasteiger partial charge in [0.05, 0.1) is 30.3 Å². The molecule has 2 heterocycles. The van der Waals surface area contributed by atoms with Gasteiger partial charge in [-0.25, -0.2) is 4.98 Å². The Balaban J connectivity index is 1.68. The van der Waals surface area contributed by atoms with Crippen LogP contribution >= 0.6 is 0 Å².